The van der Waals surface area contributed by atoms with Gasteiger partial charge in [-0.1, -0.05) is 6.42 Å². The van der Waals surface area contributed by atoms with Gasteiger partial charge < -0.3 is 20.3 Å². The van der Waals surface area contributed by atoms with E-state index in [0.717, 1.165) is 70.3 Å². The maximum atomic E-state index is 12.9. The standard InChI is InChI=1S/C21H29N3O3/c25-20(15-5-3-6-15)23-16-8-9-19(24-10-1-2-11-24)18(13-16)21(26)22-14-17-7-4-12-27-17/h8-9,13,15,17H,1-7,10-12,14H2,(H,22,26)(H,23,25). The van der Waals surface area contributed by atoms with Crippen molar-refractivity contribution in [2.75, 3.05) is 36.5 Å². The summed E-state index contributed by atoms with van der Waals surface area (Å²) in [4.78, 5) is 27.5. The molecule has 2 N–H and O–H groups in total. The summed E-state index contributed by atoms with van der Waals surface area (Å²) in [6.45, 7) is 3.26. The Morgan fingerprint density at radius 1 is 1.07 bits per heavy atom. The van der Waals surface area contributed by atoms with Gasteiger partial charge in [-0.25, -0.2) is 0 Å². The van der Waals surface area contributed by atoms with Gasteiger partial charge in [0, 0.05) is 43.5 Å². The number of ether oxygens (including phenoxy) is 1. The first-order chi connectivity index (χ1) is 13.2. The maximum absolute atomic E-state index is 12.9. The molecule has 1 saturated carbocycles. The Hall–Kier alpha value is -2.08. The van der Waals surface area contributed by atoms with Gasteiger partial charge in [0.15, 0.2) is 0 Å². The smallest absolute Gasteiger partial charge is 0.253 e. The monoisotopic (exact) mass is 371 g/mol. The van der Waals surface area contributed by atoms with Crippen LogP contribution in [-0.4, -0.2) is 44.2 Å². The van der Waals surface area contributed by atoms with Crippen LogP contribution in [0.2, 0.25) is 0 Å². The highest BCUT2D eigenvalue weighted by atomic mass is 16.5. The SMILES string of the molecule is O=C(NCC1CCCO1)c1cc(NC(=O)C2CCC2)ccc1N1CCCC1. The summed E-state index contributed by atoms with van der Waals surface area (Å²) in [5.41, 5.74) is 2.30. The molecule has 1 aromatic rings. The highest BCUT2D eigenvalue weighted by molar-refractivity contribution is 6.02. The van der Waals surface area contributed by atoms with Crippen molar-refractivity contribution in [2.45, 2.75) is 51.0 Å². The molecule has 1 atom stereocenters. The second-order valence-corrected chi connectivity index (χ2v) is 7.89. The van der Waals surface area contributed by atoms with E-state index in [-0.39, 0.29) is 23.8 Å². The topological polar surface area (TPSA) is 70.7 Å². The molecule has 2 amide bonds. The lowest BCUT2D eigenvalue weighted by atomic mass is 9.85. The van der Waals surface area contributed by atoms with E-state index in [1.54, 1.807) is 0 Å². The summed E-state index contributed by atoms with van der Waals surface area (Å²) in [6, 6.07) is 5.72. The molecule has 27 heavy (non-hydrogen) atoms. The molecular formula is C21H29N3O3. The van der Waals surface area contributed by atoms with Crippen LogP contribution in [0.1, 0.15) is 55.3 Å². The molecule has 2 saturated heterocycles. The van der Waals surface area contributed by atoms with E-state index in [2.05, 4.69) is 15.5 Å². The highest BCUT2D eigenvalue weighted by Gasteiger charge is 2.26. The molecule has 4 rings (SSSR count). The molecule has 2 heterocycles. The normalized spacial score (nSPS) is 22.5. The lowest BCUT2D eigenvalue weighted by molar-refractivity contribution is -0.122. The quantitative estimate of drug-likeness (QED) is 0.807. The van der Waals surface area contributed by atoms with E-state index >= 15 is 0 Å². The van der Waals surface area contributed by atoms with Crippen LogP contribution in [0.25, 0.3) is 0 Å². The van der Waals surface area contributed by atoms with Crippen molar-refractivity contribution < 1.29 is 14.3 Å². The van der Waals surface area contributed by atoms with Crippen LogP contribution < -0.4 is 15.5 Å². The molecule has 6 heteroatoms. The first-order valence-electron chi connectivity index (χ1n) is 10.3. The van der Waals surface area contributed by atoms with Crippen molar-refractivity contribution in [1.29, 1.82) is 0 Å². The maximum Gasteiger partial charge on any atom is 0.253 e. The van der Waals surface area contributed by atoms with Crippen molar-refractivity contribution in [3.8, 4) is 0 Å². The fourth-order valence-corrected chi connectivity index (χ4v) is 4.05. The highest BCUT2D eigenvalue weighted by Crippen LogP contribution is 2.30. The van der Waals surface area contributed by atoms with Crippen LogP contribution in [-0.2, 0) is 9.53 Å². The third-order valence-electron chi connectivity index (χ3n) is 5.95. The molecule has 0 aromatic heterocycles. The Bertz CT molecular complexity index is 690. The zero-order chi connectivity index (χ0) is 18.6. The third-order valence-corrected chi connectivity index (χ3v) is 5.95. The second-order valence-electron chi connectivity index (χ2n) is 7.89. The fourth-order valence-electron chi connectivity index (χ4n) is 4.05. The number of nitrogens with zero attached hydrogens (tertiary/aromatic N) is 1. The van der Waals surface area contributed by atoms with E-state index in [0.29, 0.717) is 17.8 Å². The Morgan fingerprint density at radius 3 is 2.56 bits per heavy atom. The first kappa shape index (κ1) is 18.3. The van der Waals surface area contributed by atoms with Crippen LogP contribution in [0.4, 0.5) is 11.4 Å². The van der Waals surface area contributed by atoms with Gasteiger partial charge in [0.25, 0.3) is 5.91 Å². The predicted molar refractivity (Wildman–Crippen MR) is 105 cm³/mol. The van der Waals surface area contributed by atoms with Crippen molar-refractivity contribution in [2.24, 2.45) is 5.92 Å². The second kappa shape index (κ2) is 8.30. The summed E-state index contributed by atoms with van der Waals surface area (Å²) >= 11 is 0. The van der Waals surface area contributed by atoms with Crippen LogP contribution in [0.5, 0.6) is 0 Å². The predicted octanol–water partition coefficient (Wildman–Crippen LogP) is 2.93. The lowest BCUT2D eigenvalue weighted by Gasteiger charge is -2.25. The molecule has 0 spiro atoms. The van der Waals surface area contributed by atoms with Gasteiger partial charge in [0.1, 0.15) is 0 Å². The van der Waals surface area contributed by atoms with Crippen LogP contribution >= 0.6 is 0 Å². The molecule has 3 fully saturated rings. The molecule has 0 radical (unpaired) electrons. The zero-order valence-electron chi connectivity index (χ0n) is 15.8. The minimum absolute atomic E-state index is 0.0703. The van der Waals surface area contributed by atoms with E-state index in [9.17, 15) is 9.59 Å². The number of carbonyl (C=O) groups is 2. The van der Waals surface area contributed by atoms with Gasteiger partial charge in [0.05, 0.1) is 11.7 Å². The van der Waals surface area contributed by atoms with Gasteiger partial charge in [-0.2, -0.15) is 0 Å². The molecule has 2 aliphatic heterocycles. The summed E-state index contributed by atoms with van der Waals surface area (Å²) in [5, 5.41) is 6.02. The van der Waals surface area contributed by atoms with E-state index in [1.807, 2.05) is 18.2 Å². The number of rotatable bonds is 6. The van der Waals surface area contributed by atoms with Crippen molar-refractivity contribution in [3.05, 3.63) is 23.8 Å². The van der Waals surface area contributed by atoms with E-state index in [4.69, 9.17) is 4.74 Å². The molecule has 3 aliphatic rings. The Labute approximate surface area is 160 Å². The number of amides is 2. The summed E-state index contributed by atoms with van der Waals surface area (Å²) in [5.74, 6) is 0.105. The van der Waals surface area contributed by atoms with Gasteiger partial charge in [-0.15, -0.1) is 0 Å². The minimum atomic E-state index is -0.0906. The summed E-state index contributed by atoms with van der Waals surface area (Å²) in [7, 11) is 0. The van der Waals surface area contributed by atoms with E-state index < -0.39 is 0 Å². The average molecular weight is 371 g/mol. The van der Waals surface area contributed by atoms with Crippen molar-refractivity contribution in [3.63, 3.8) is 0 Å². The molecular weight excluding hydrogens is 342 g/mol. The van der Waals surface area contributed by atoms with Crippen LogP contribution in [0.15, 0.2) is 18.2 Å². The minimum Gasteiger partial charge on any atom is -0.376 e. The van der Waals surface area contributed by atoms with Gasteiger partial charge in [0.2, 0.25) is 5.91 Å². The van der Waals surface area contributed by atoms with Gasteiger partial charge in [-0.3, -0.25) is 9.59 Å². The average Bonchev–Trinajstić information content (AvgIpc) is 3.31. The zero-order valence-corrected chi connectivity index (χ0v) is 15.8. The lowest BCUT2D eigenvalue weighted by Crippen LogP contribution is -2.33. The third kappa shape index (κ3) is 4.26. The number of anilines is 2. The Balaban J connectivity index is 1.49. The largest absolute Gasteiger partial charge is 0.376 e. The summed E-state index contributed by atoms with van der Waals surface area (Å²) in [6.07, 6.45) is 7.53. The molecule has 1 aliphatic carbocycles. The Kier molecular flexibility index (Phi) is 5.62. The number of benzene rings is 1. The number of hydrogen-bond donors (Lipinski definition) is 2. The van der Waals surface area contributed by atoms with Crippen molar-refractivity contribution in [1.82, 2.24) is 5.32 Å². The molecule has 1 unspecified atom stereocenters. The molecule has 0 bridgehead atoms. The van der Waals surface area contributed by atoms with Crippen molar-refractivity contribution >= 4 is 23.2 Å². The first-order valence-corrected chi connectivity index (χ1v) is 10.3. The van der Waals surface area contributed by atoms with Gasteiger partial charge >= 0.3 is 0 Å². The van der Waals surface area contributed by atoms with Crippen LogP contribution in [0, 0.1) is 5.92 Å². The number of carbonyl (C=O) groups excluding carboxylic acids is 2. The molecule has 146 valence electrons. The molecule has 6 nitrogen and oxygen atoms in total. The van der Waals surface area contributed by atoms with Crippen LogP contribution in [0.3, 0.4) is 0 Å². The fraction of sp³-hybridized carbons (Fsp3) is 0.619. The Morgan fingerprint density at radius 2 is 1.89 bits per heavy atom. The number of hydrogen-bond acceptors (Lipinski definition) is 4. The summed E-state index contributed by atoms with van der Waals surface area (Å²) < 4.78 is 5.61. The number of nitrogens with one attached hydrogen (secondary N) is 2. The van der Waals surface area contributed by atoms with E-state index in [1.165, 1.54) is 0 Å². The van der Waals surface area contributed by atoms with Gasteiger partial charge in [-0.05, 0) is 56.7 Å². The molecule has 1 aromatic carbocycles.